The van der Waals surface area contributed by atoms with E-state index in [9.17, 15) is 18.0 Å². The van der Waals surface area contributed by atoms with Gasteiger partial charge in [-0.1, -0.05) is 12.1 Å². The van der Waals surface area contributed by atoms with Gasteiger partial charge in [0.05, 0.1) is 11.1 Å². The van der Waals surface area contributed by atoms with Crippen molar-refractivity contribution in [2.45, 2.75) is 6.18 Å². The molecule has 0 saturated carbocycles. The van der Waals surface area contributed by atoms with Crippen LogP contribution < -0.4 is 0 Å². The normalized spacial score (nSPS) is 11.3. The maximum Gasteiger partial charge on any atom is 0.419 e. The number of aromatic carboxylic acids is 1. The fraction of sp³-hybridized carbons (Fsp3) is 0.0833. The Morgan fingerprint density at radius 1 is 1.16 bits per heavy atom. The van der Waals surface area contributed by atoms with Crippen molar-refractivity contribution in [1.82, 2.24) is 9.97 Å². The number of carboxylic acid groups (broad SMARTS) is 1. The molecule has 7 heteroatoms. The van der Waals surface area contributed by atoms with Crippen LogP contribution in [-0.4, -0.2) is 21.0 Å². The summed E-state index contributed by atoms with van der Waals surface area (Å²) in [6, 6.07) is 5.66. The second kappa shape index (κ2) is 4.68. The van der Waals surface area contributed by atoms with E-state index in [1.807, 2.05) is 0 Å². The summed E-state index contributed by atoms with van der Waals surface area (Å²) in [6.45, 7) is 0. The van der Waals surface area contributed by atoms with Gasteiger partial charge in [0.2, 0.25) is 0 Å². The van der Waals surface area contributed by atoms with Crippen LogP contribution in [0.3, 0.4) is 0 Å². The highest BCUT2D eigenvalue weighted by Gasteiger charge is 2.31. The number of halogens is 3. The van der Waals surface area contributed by atoms with Crippen LogP contribution in [0.5, 0.6) is 0 Å². The first-order chi connectivity index (χ1) is 8.88. The molecule has 1 aromatic carbocycles. The van der Waals surface area contributed by atoms with Crippen LogP contribution in [0.1, 0.15) is 15.9 Å². The highest BCUT2D eigenvalue weighted by Crippen LogP contribution is 2.28. The third-order valence-corrected chi connectivity index (χ3v) is 2.35. The van der Waals surface area contributed by atoms with E-state index in [0.717, 1.165) is 0 Å². The molecule has 0 amide bonds. The Hall–Kier alpha value is -2.44. The van der Waals surface area contributed by atoms with Crippen molar-refractivity contribution in [3.05, 3.63) is 47.8 Å². The Labute approximate surface area is 105 Å². The zero-order chi connectivity index (χ0) is 14.0. The Kier molecular flexibility index (Phi) is 3.20. The van der Waals surface area contributed by atoms with Gasteiger partial charge in [0.15, 0.2) is 5.82 Å². The average molecular weight is 268 g/mol. The minimum absolute atomic E-state index is 0.0148. The number of hydrogen-bond acceptors (Lipinski definition) is 3. The first kappa shape index (κ1) is 13.0. The van der Waals surface area contributed by atoms with Gasteiger partial charge in [0.1, 0.15) is 0 Å². The molecule has 0 atom stereocenters. The molecule has 0 aliphatic rings. The zero-order valence-electron chi connectivity index (χ0n) is 9.35. The molecule has 1 heterocycles. The van der Waals surface area contributed by atoms with E-state index in [2.05, 4.69) is 9.97 Å². The first-order valence-electron chi connectivity index (χ1n) is 5.11. The minimum atomic E-state index is -4.50. The molecule has 1 aromatic heterocycles. The topological polar surface area (TPSA) is 63.1 Å². The Bertz CT molecular complexity index is 609. The van der Waals surface area contributed by atoms with Crippen molar-refractivity contribution in [2.24, 2.45) is 0 Å². The lowest BCUT2D eigenvalue weighted by atomic mass is 10.1. The molecule has 0 aliphatic heterocycles. The Morgan fingerprint density at radius 2 is 1.79 bits per heavy atom. The molecule has 0 unspecified atom stereocenters. The van der Waals surface area contributed by atoms with Crippen LogP contribution in [0.2, 0.25) is 0 Å². The van der Waals surface area contributed by atoms with E-state index in [0.29, 0.717) is 18.0 Å². The van der Waals surface area contributed by atoms with Crippen molar-refractivity contribution in [3.63, 3.8) is 0 Å². The lowest BCUT2D eigenvalue weighted by Crippen LogP contribution is -2.06. The van der Waals surface area contributed by atoms with Crippen LogP contribution in [0, 0.1) is 0 Å². The molecule has 2 aromatic rings. The highest BCUT2D eigenvalue weighted by molar-refractivity contribution is 5.89. The second-order valence-corrected chi connectivity index (χ2v) is 3.68. The fourth-order valence-electron chi connectivity index (χ4n) is 1.41. The molecule has 0 bridgehead atoms. The molecule has 1 N–H and O–H groups in total. The number of aromatic nitrogens is 2. The third-order valence-electron chi connectivity index (χ3n) is 2.35. The molecule has 4 nitrogen and oxygen atoms in total. The minimum Gasteiger partial charge on any atom is -0.478 e. The standard InChI is InChI=1S/C12H7F3N2O2/c13-12(14,15)9-5-16-10(17-6-9)7-2-1-3-8(4-7)11(18)19/h1-6H,(H,18,19). The van der Waals surface area contributed by atoms with Gasteiger partial charge in [-0.25, -0.2) is 14.8 Å². The third kappa shape index (κ3) is 2.87. The van der Waals surface area contributed by atoms with Crippen molar-refractivity contribution >= 4 is 5.97 Å². The van der Waals surface area contributed by atoms with Gasteiger partial charge < -0.3 is 5.11 Å². The second-order valence-electron chi connectivity index (χ2n) is 3.68. The summed E-state index contributed by atoms with van der Waals surface area (Å²) in [5, 5.41) is 8.82. The van der Waals surface area contributed by atoms with Crippen LogP contribution in [0.25, 0.3) is 11.4 Å². The molecular weight excluding hydrogens is 261 g/mol. The predicted octanol–water partition coefficient (Wildman–Crippen LogP) is 2.86. The maximum atomic E-state index is 12.3. The largest absolute Gasteiger partial charge is 0.478 e. The first-order valence-corrected chi connectivity index (χ1v) is 5.11. The highest BCUT2D eigenvalue weighted by atomic mass is 19.4. The van der Waals surface area contributed by atoms with Gasteiger partial charge in [-0.3, -0.25) is 0 Å². The van der Waals surface area contributed by atoms with Crippen LogP contribution >= 0.6 is 0 Å². The van der Waals surface area contributed by atoms with E-state index in [1.54, 1.807) is 0 Å². The molecule has 0 radical (unpaired) electrons. The lowest BCUT2D eigenvalue weighted by Gasteiger charge is -2.06. The number of alkyl halides is 3. The molecule has 0 aliphatic carbocycles. The van der Waals surface area contributed by atoms with Gasteiger partial charge in [0, 0.05) is 18.0 Å². The summed E-state index contributed by atoms with van der Waals surface area (Å²) in [6.07, 6.45) is -3.17. The lowest BCUT2D eigenvalue weighted by molar-refractivity contribution is -0.138. The van der Waals surface area contributed by atoms with Gasteiger partial charge >= 0.3 is 12.1 Å². The van der Waals surface area contributed by atoms with Crippen molar-refractivity contribution < 1.29 is 23.1 Å². The summed E-state index contributed by atoms with van der Waals surface area (Å²) in [4.78, 5) is 18.0. The van der Waals surface area contributed by atoms with Crippen molar-refractivity contribution in [1.29, 1.82) is 0 Å². The van der Waals surface area contributed by atoms with Crippen LogP contribution in [0.15, 0.2) is 36.7 Å². The number of hydrogen-bond donors (Lipinski definition) is 1. The molecular formula is C12H7F3N2O2. The smallest absolute Gasteiger partial charge is 0.419 e. The summed E-state index contributed by atoms with van der Waals surface area (Å²) >= 11 is 0. The number of nitrogens with zero attached hydrogens (tertiary/aromatic N) is 2. The van der Waals surface area contributed by atoms with Gasteiger partial charge in [-0.15, -0.1) is 0 Å². The maximum absolute atomic E-state index is 12.3. The van der Waals surface area contributed by atoms with Crippen LogP contribution in [0.4, 0.5) is 13.2 Å². The predicted molar refractivity (Wildman–Crippen MR) is 59.4 cm³/mol. The van der Waals surface area contributed by atoms with Gasteiger partial charge in [-0.2, -0.15) is 13.2 Å². The number of benzene rings is 1. The van der Waals surface area contributed by atoms with Crippen LogP contribution in [-0.2, 0) is 6.18 Å². The fourth-order valence-corrected chi connectivity index (χ4v) is 1.41. The summed E-state index contributed by atoms with van der Waals surface area (Å²) in [7, 11) is 0. The zero-order valence-corrected chi connectivity index (χ0v) is 9.35. The van der Waals surface area contributed by atoms with Crippen molar-refractivity contribution in [3.8, 4) is 11.4 Å². The van der Waals surface area contributed by atoms with E-state index < -0.39 is 17.7 Å². The number of carbonyl (C=O) groups is 1. The monoisotopic (exact) mass is 268 g/mol. The average Bonchev–Trinajstić information content (AvgIpc) is 2.38. The quantitative estimate of drug-likeness (QED) is 0.909. The van der Waals surface area contributed by atoms with Gasteiger partial charge in [-0.05, 0) is 12.1 Å². The number of rotatable bonds is 2. The van der Waals surface area contributed by atoms with Crippen molar-refractivity contribution in [2.75, 3.05) is 0 Å². The Balaban J connectivity index is 2.37. The summed E-state index contributed by atoms with van der Waals surface area (Å²) in [5.74, 6) is -1.09. The molecule has 2 rings (SSSR count). The van der Waals surface area contributed by atoms with E-state index in [1.165, 1.54) is 24.3 Å². The summed E-state index contributed by atoms with van der Waals surface area (Å²) in [5.41, 5.74) is -0.597. The Morgan fingerprint density at radius 3 is 2.32 bits per heavy atom. The molecule has 0 spiro atoms. The molecule has 0 fully saturated rings. The summed E-state index contributed by atoms with van der Waals surface area (Å²) < 4.78 is 37.0. The molecule has 0 saturated heterocycles. The van der Waals surface area contributed by atoms with E-state index >= 15 is 0 Å². The van der Waals surface area contributed by atoms with E-state index in [-0.39, 0.29) is 11.4 Å². The number of carboxylic acids is 1. The molecule has 98 valence electrons. The molecule has 19 heavy (non-hydrogen) atoms. The van der Waals surface area contributed by atoms with E-state index in [4.69, 9.17) is 5.11 Å². The SMILES string of the molecule is O=C(O)c1cccc(-c2ncc(C(F)(F)F)cn2)c1. The van der Waals surface area contributed by atoms with Gasteiger partial charge in [0.25, 0.3) is 0 Å².